The van der Waals surface area contributed by atoms with Crippen molar-refractivity contribution in [3.63, 3.8) is 0 Å². The number of hydrogen-bond donors (Lipinski definition) is 2. The molecule has 0 saturated carbocycles. The summed E-state index contributed by atoms with van der Waals surface area (Å²) in [6.45, 7) is 1.32. The van der Waals surface area contributed by atoms with Crippen molar-refractivity contribution in [1.82, 2.24) is 14.5 Å². The van der Waals surface area contributed by atoms with Gasteiger partial charge in [-0.1, -0.05) is 0 Å². The van der Waals surface area contributed by atoms with E-state index in [0.717, 1.165) is 11.2 Å². The fourth-order valence-corrected chi connectivity index (χ4v) is 3.09. The van der Waals surface area contributed by atoms with Gasteiger partial charge in [-0.05, 0) is 18.2 Å². The summed E-state index contributed by atoms with van der Waals surface area (Å²) in [4.78, 5) is 25.1. The van der Waals surface area contributed by atoms with Crippen LogP contribution < -0.4 is 20.4 Å². The standard InChI is InChI=1S/C18H17N5O4/c1-26-13-4-3-12-14(15(13)27-2)21-18(23-6-5-20-16(12)23)22-17(25)10-7-11(24)9-19-8-10/h3-4,7-9,20,24H,5-6H2,1-2H3. The van der Waals surface area contributed by atoms with Gasteiger partial charge in [0.05, 0.1) is 26.0 Å². The minimum atomic E-state index is -0.547. The van der Waals surface area contributed by atoms with Crippen molar-refractivity contribution in [3.05, 3.63) is 41.8 Å². The summed E-state index contributed by atoms with van der Waals surface area (Å²) in [5.41, 5.74) is 0.954. The third kappa shape index (κ3) is 2.82. The predicted octanol–water partition coefficient (Wildman–Crippen LogP) is 1.32. The van der Waals surface area contributed by atoms with Crippen molar-refractivity contribution in [2.45, 2.75) is 6.54 Å². The summed E-state index contributed by atoms with van der Waals surface area (Å²) in [5.74, 6) is 1.16. The highest BCUT2D eigenvalue weighted by molar-refractivity contribution is 5.96. The number of anilines is 1. The van der Waals surface area contributed by atoms with Crippen molar-refractivity contribution in [1.29, 1.82) is 0 Å². The van der Waals surface area contributed by atoms with Crippen LogP contribution in [0.1, 0.15) is 10.4 Å². The first-order chi connectivity index (χ1) is 13.1. The van der Waals surface area contributed by atoms with Gasteiger partial charge in [0.1, 0.15) is 17.1 Å². The van der Waals surface area contributed by atoms with Crippen LogP contribution in [0.25, 0.3) is 10.9 Å². The molecular formula is C18H17N5O4. The van der Waals surface area contributed by atoms with Gasteiger partial charge in [-0.15, -0.1) is 0 Å². The molecule has 3 aromatic rings. The zero-order valence-corrected chi connectivity index (χ0v) is 14.8. The quantitative estimate of drug-likeness (QED) is 0.718. The number of rotatable bonds is 3. The van der Waals surface area contributed by atoms with E-state index in [2.05, 4.69) is 20.3 Å². The van der Waals surface area contributed by atoms with Crippen molar-refractivity contribution in [2.24, 2.45) is 4.99 Å². The summed E-state index contributed by atoms with van der Waals surface area (Å²) in [7, 11) is 3.08. The number of carbonyl (C=O) groups is 1. The highest BCUT2D eigenvalue weighted by atomic mass is 16.5. The molecule has 1 aliphatic rings. The number of carbonyl (C=O) groups excluding carboxylic acids is 1. The van der Waals surface area contributed by atoms with Crippen molar-refractivity contribution < 1.29 is 19.4 Å². The third-order valence-corrected chi connectivity index (χ3v) is 4.30. The van der Waals surface area contributed by atoms with Crippen LogP contribution in [0.2, 0.25) is 0 Å². The first-order valence-corrected chi connectivity index (χ1v) is 8.25. The van der Waals surface area contributed by atoms with Gasteiger partial charge in [-0.2, -0.15) is 4.99 Å². The summed E-state index contributed by atoms with van der Waals surface area (Å²) in [6.07, 6.45) is 2.60. The molecule has 0 aliphatic carbocycles. The molecule has 2 N–H and O–H groups in total. The van der Waals surface area contributed by atoms with E-state index in [1.54, 1.807) is 7.11 Å². The molecular weight excluding hydrogens is 350 g/mol. The summed E-state index contributed by atoms with van der Waals surface area (Å²) < 4.78 is 12.7. The lowest BCUT2D eigenvalue weighted by molar-refractivity contribution is 0.0995. The molecule has 2 aromatic heterocycles. The monoisotopic (exact) mass is 367 g/mol. The number of methoxy groups -OCH3 is 2. The van der Waals surface area contributed by atoms with E-state index in [1.807, 2.05) is 16.7 Å². The number of aromatic nitrogens is 3. The summed E-state index contributed by atoms with van der Waals surface area (Å²) >= 11 is 0. The highest BCUT2D eigenvalue weighted by Crippen LogP contribution is 2.36. The van der Waals surface area contributed by atoms with Gasteiger partial charge in [-0.25, -0.2) is 4.98 Å². The van der Waals surface area contributed by atoms with Gasteiger partial charge in [0.2, 0.25) is 5.62 Å². The molecule has 1 aromatic carbocycles. The number of fused-ring (bicyclic) bond motifs is 3. The molecule has 1 amide bonds. The van der Waals surface area contributed by atoms with Crippen LogP contribution >= 0.6 is 0 Å². The van der Waals surface area contributed by atoms with Crippen molar-refractivity contribution in [3.8, 4) is 17.2 Å². The molecule has 0 bridgehead atoms. The highest BCUT2D eigenvalue weighted by Gasteiger charge is 2.20. The average Bonchev–Trinajstić information content (AvgIpc) is 3.17. The van der Waals surface area contributed by atoms with Crippen LogP contribution in [0.3, 0.4) is 0 Å². The van der Waals surface area contributed by atoms with E-state index < -0.39 is 5.91 Å². The van der Waals surface area contributed by atoms with E-state index in [-0.39, 0.29) is 16.9 Å². The number of pyridine rings is 1. The van der Waals surface area contributed by atoms with Crippen LogP contribution in [0, 0.1) is 0 Å². The maximum Gasteiger partial charge on any atom is 0.281 e. The Morgan fingerprint density at radius 2 is 2.15 bits per heavy atom. The molecule has 0 unspecified atom stereocenters. The lowest BCUT2D eigenvalue weighted by Crippen LogP contribution is -2.25. The first kappa shape index (κ1) is 16.8. The zero-order valence-electron chi connectivity index (χ0n) is 14.8. The topological polar surface area (TPSA) is 111 Å². The molecule has 9 nitrogen and oxygen atoms in total. The molecule has 1 aliphatic heterocycles. The number of hydrogen-bond acceptors (Lipinski definition) is 7. The number of benzene rings is 1. The summed E-state index contributed by atoms with van der Waals surface area (Å²) in [5, 5.41) is 13.7. The Hall–Kier alpha value is -3.62. The maximum atomic E-state index is 12.5. The van der Waals surface area contributed by atoms with Crippen LogP contribution in [-0.4, -0.2) is 46.3 Å². The smallest absolute Gasteiger partial charge is 0.281 e. The van der Waals surface area contributed by atoms with E-state index >= 15 is 0 Å². The average molecular weight is 367 g/mol. The van der Waals surface area contributed by atoms with Gasteiger partial charge in [0.15, 0.2) is 11.5 Å². The number of nitrogens with zero attached hydrogens (tertiary/aromatic N) is 4. The van der Waals surface area contributed by atoms with E-state index in [1.165, 1.54) is 25.6 Å². The Bertz CT molecular complexity index is 1120. The number of ether oxygens (including phenoxy) is 2. The van der Waals surface area contributed by atoms with E-state index in [0.29, 0.717) is 30.1 Å². The van der Waals surface area contributed by atoms with Crippen molar-refractivity contribution in [2.75, 3.05) is 26.1 Å². The minimum Gasteiger partial charge on any atom is -0.506 e. The number of amides is 1. The van der Waals surface area contributed by atoms with Gasteiger partial charge < -0.3 is 19.9 Å². The van der Waals surface area contributed by atoms with Gasteiger partial charge in [0.25, 0.3) is 5.91 Å². The van der Waals surface area contributed by atoms with E-state index in [9.17, 15) is 9.90 Å². The predicted molar refractivity (Wildman–Crippen MR) is 97.1 cm³/mol. The van der Waals surface area contributed by atoms with E-state index in [4.69, 9.17) is 9.47 Å². The molecule has 138 valence electrons. The minimum absolute atomic E-state index is 0.103. The lowest BCUT2D eigenvalue weighted by Gasteiger charge is -2.13. The molecule has 0 fully saturated rings. The fourth-order valence-electron chi connectivity index (χ4n) is 3.09. The SMILES string of the molecule is COc1ccc2c3n(c(=NC(=O)c4cncc(O)c4)nc2c1OC)CCN3. The van der Waals surface area contributed by atoms with Crippen molar-refractivity contribution >= 4 is 22.6 Å². The second kappa shape index (κ2) is 6.60. The molecule has 0 radical (unpaired) electrons. The molecule has 4 rings (SSSR count). The van der Waals surface area contributed by atoms with Crippen LogP contribution in [0.4, 0.5) is 5.82 Å². The number of nitrogens with one attached hydrogen (secondary N) is 1. The number of aromatic hydroxyl groups is 1. The van der Waals surface area contributed by atoms with Crippen LogP contribution in [0.15, 0.2) is 35.6 Å². The van der Waals surface area contributed by atoms with Crippen LogP contribution in [-0.2, 0) is 6.54 Å². The molecule has 0 atom stereocenters. The first-order valence-electron chi connectivity index (χ1n) is 8.25. The van der Waals surface area contributed by atoms with Crippen LogP contribution in [0.5, 0.6) is 17.2 Å². The largest absolute Gasteiger partial charge is 0.506 e. The Kier molecular flexibility index (Phi) is 4.11. The Labute approximate surface area is 153 Å². The molecule has 27 heavy (non-hydrogen) atoms. The Morgan fingerprint density at radius 1 is 1.30 bits per heavy atom. The maximum absolute atomic E-state index is 12.5. The van der Waals surface area contributed by atoms with Gasteiger partial charge >= 0.3 is 0 Å². The molecule has 3 heterocycles. The molecule has 0 spiro atoms. The fraction of sp³-hybridized carbons (Fsp3) is 0.222. The molecule has 9 heteroatoms. The zero-order chi connectivity index (χ0) is 19.0. The lowest BCUT2D eigenvalue weighted by atomic mass is 10.2. The van der Waals surface area contributed by atoms with Gasteiger partial charge in [0, 0.05) is 24.7 Å². The second-order valence-electron chi connectivity index (χ2n) is 5.88. The molecule has 0 saturated heterocycles. The Balaban J connectivity index is 1.96. The Morgan fingerprint density at radius 3 is 2.89 bits per heavy atom. The summed E-state index contributed by atoms with van der Waals surface area (Å²) in [6, 6.07) is 5.01. The normalized spacial score (nSPS) is 13.3. The third-order valence-electron chi connectivity index (χ3n) is 4.30. The van der Waals surface area contributed by atoms with Gasteiger partial charge in [-0.3, -0.25) is 14.3 Å². The second-order valence-corrected chi connectivity index (χ2v) is 5.88.